The van der Waals surface area contributed by atoms with Gasteiger partial charge in [-0.2, -0.15) is 0 Å². The van der Waals surface area contributed by atoms with Crippen LogP contribution in [0.15, 0.2) is 72.8 Å². The molecule has 41 heavy (non-hydrogen) atoms. The zero-order chi connectivity index (χ0) is 29.7. The highest BCUT2D eigenvalue weighted by molar-refractivity contribution is 6.76. The van der Waals surface area contributed by atoms with Crippen molar-refractivity contribution in [1.29, 1.82) is 0 Å². The number of hydrogen-bond donors (Lipinski definition) is 4. The summed E-state index contributed by atoms with van der Waals surface area (Å²) in [5.41, 5.74) is 3.55. The van der Waals surface area contributed by atoms with Gasteiger partial charge in [-0.15, -0.1) is 0 Å². The molecule has 1 aliphatic rings. The quantitative estimate of drug-likeness (QED) is 0.228. The largest absolute Gasteiger partial charge is 0.508 e. The summed E-state index contributed by atoms with van der Waals surface area (Å²) < 4.78 is 10.8. The molecule has 0 radical (unpaired) electrons. The normalized spacial score (nSPS) is 22.0. The summed E-state index contributed by atoms with van der Waals surface area (Å²) in [7, 11) is 1.90. The van der Waals surface area contributed by atoms with E-state index in [1.54, 1.807) is 48.5 Å². The van der Waals surface area contributed by atoms with E-state index in [0.29, 0.717) is 24.3 Å². The number of rotatable bonds is 9. The lowest BCUT2D eigenvalue weighted by molar-refractivity contribution is -0.276. The Morgan fingerprint density at radius 3 is 2.29 bits per heavy atom. The van der Waals surface area contributed by atoms with Crippen molar-refractivity contribution in [2.45, 2.75) is 41.9 Å². The van der Waals surface area contributed by atoms with E-state index >= 15 is 0 Å². The Kier molecular flexibility index (Phi) is 10.5. The van der Waals surface area contributed by atoms with Crippen molar-refractivity contribution in [2.75, 3.05) is 25.5 Å². The molecule has 0 unspecified atom stereocenters. The number of hydrogen-bond acceptors (Lipinski definition) is 7. The zero-order valence-electron chi connectivity index (χ0n) is 22.6. The first kappa shape index (κ1) is 31.5. The molecular weight excluding hydrogens is 591 g/mol. The van der Waals surface area contributed by atoms with Crippen molar-refractivity contribution in [3.63, 3.8) is 0 Å². The van der Waals surface area contributed by atoms with Crippen LogP contribution in [0.4, 0.5) is 5.69 Å². The number of amides is 1. The van der Waals surface area contributed by atoms with Crippen LogP contribution in [-0.2, 0) is 20.9 Å². The highest BCUT2D eigenvalue weighted by Crippen LogP contribution is 2.42. The van der Waals surface area contributed by atoms with Gasteiger partial charge in [-0.3, -0.25) is 4.79 Å². The van der Waals surface area contributed by atoms with Gasteiger partial charge >= 0.3 is 0 Å². The standard InChI is InChI=1S/C30H33Cl3N2O6/c1-18-26(16-35(2)15-25(38)22-4-3-5-24(37)14-22)40-28(41-27(18)20-8-6-19(17-36)7-9-20)21-10-12-23(13-11-21)34-29(39)30(31,32)33/h3-14,18,25-28,36-38H,15-17H2,1-2H3,(H,34,39)/t18-,25+,26+,27+,28+/m0/s1. The number of aliphatic hydroxyl groups is 2. The lowest BCUT2D eigenvalue weighted by Crippen LogP contribution is -2.44. The molecule has 1 saturated heterocycles. The highest BCUT2D eigenvalue weighted by Gasteiger charge is 2.39. The number of likely N-dealkylation sites (N-methyl/N-ethyl adjacent to an activating group) is 1. The van der Waals surface area contributed by atoms with Gasteiger partial charge in [0.15, 0.2) is 6.29 Å². The average molecular weight is 624 g/mol. The molecule has 3 aromatic rings. The van der Waals surface area contributed by atoms with E-state index < -0.39 is 22.1 Å². The number of aromatic hydroxyl groups is 1. The van der Waals surface area contributed by atoms with Crippen LogP contribution >= 0.6 is 34.8 Å². The van der Waals surface area contributed by atoms with Gasteiger partial charge in [0, 0.05) is 30.3 Å². The summed E-state index contributed by atoms with van der Waals surface area (Å²) in [5, 5.41) is 32.6. The van der Waals surface area contributed by atoms with Crippen LogP contribution in [0.1, 0.15) is 47.7 Å². The van der Waals surface area contributed by atoms with Crippen molar-refractivity contribution >= 4 is 46.4 Å². The Morgan fingerprint density at radius 1 is 1.02 bits per heavy atom. The molecule has 0 aliphatic carbocycles. The number of benzene rings is 3. The number of aliphatic hydroxyl groups excluding tert-OH is 2. The van der Waals surface area contributed by atoms with E-state index in [2.05, 4.69) is 12.2 Å². The second-order valence-corrected chi connectivity index (χ2v) is 12.5. The molecular formula is C30H33Cl3N2O6. The molecule has 0 saturated carbocycles. The van der Waals surface area contributed by atoms with Crippen molar-refractivity contribution < 1.29 is 29.6 Å². The first-order valence-electron chi connectivity index (χ1n) is 13.1. The maximum absolute atomic E-state index is 12.0. The van der Waals surface area contributed by atoms with Gasteiger partial charge in [0.2, 0.25) is 0 Å². The van der Waals surface area contributed by atoms with Gasteiger partial charge in [0.1, 0.15) is 5.75 Å². The van der Waals surface area contributed by atoms with E-state index in [-0.39, 0.29) is 30.5 Å². The van der Waals surface area contributed by atoms with E-state index in [0.717, 1.165) is 16.7 Å². The summed E-state index contributed by atoms with van der Waals surface area (Å²) in [4.78, 5) is 14.0. The third-order valence-electron chi connectivity index (χ3n) is 7.05. The Balaban J connectivity index is 1.53. The molecule has 1 fully saturated rings. The Morgan fingerprint density at radius 2 is 1.68 bits per heavy atom. The predicted octanol–water partition coefficient (Wildman–Crippen LogP) is 5.65. The van der Waals surface area contributed by atoms with Crippen LogP contribution in [0.2, 0.25) is 0 Å². The number of nitrogens with one attached hydrogen (secondary N) is 1. The number of alkyl halides is 3. The number of carbonyl (C=O) groups is 1. The molecule has 4 N–H and O–H groups in total. The molecule has 3 aromatic carbocycles. The van der Waals surface area contributed by atoms with Gasteiger partial charge in [0.25, 0.3) is 9.70 Å². The van der Waals surface area contributed by atoms with Crippen molar-refractivity contribution in [1.82, 2.24) is 4.90 Å². The second-order valence-electron chi connectivity index (χ2n) is 10.2. The number of halogens is 3. The van der Waals surface area contributed by atoms with Gasteiger partial charge in [-0.25, -0.2) is 0 Å². The minimum atomic E-state index is -2.09. The fourth-order valence-electron chi connectivity index (χ4n) is 4.77. The summed E-state index contributed by atoms with van der Waals surface area (Å²) in [5.74, 6) is -0.729. The van der Waals surface area contributed by atoms with Crippen LogP contribution in [0.25, 0.3) is 0 Å². The number of ether oxygens (including phenoxy) is 2. The first-order valence-corrected chi connectivity index (χ1v) is 14.2. The number of phenols is 1. The molecule has 220 valence electrons. The van der Waals surface area contributed by atoms with E-state index in [1.807, 2.05) is 36.2 Å². The monoisotopic (exact) mass is 622 g/mol. The van der Waals surface area contributed by atoms with Crippen molar-refractivity contribution in [2.24, 2.45) is 5.92 Å². The highest BCUT2D eigenvalue weighted by atomic mass is 35.6. The van der Waals surface area contributed by atoms with Crippen LogP contribution in [0, 0.1) is 5.92 Å². The summed E-state index contributed by atoms with van der Waals surface area (Å²) in [6.45, 7) is 2.83. The number of anilines is 1. The zero-order valence-corrected chi connectivity index (χ0v) is 24.9. The molecule has 5 atom stereocenters. The lowest BCUT2D eigenvalue weighted by Gasteiger charge is -2.42. The maximum Gasteiger partial charge on any atom is 0.276 e. The second kappa shape index (κ2) is 13.7. The molecule has 1 amide bonds. The SMILES string of the molecule is C[C@H]1[C@@H](CN(C)C[C@@H](O)c2cccc(O)c2)O[C@@H](c2ccc(NC(=O)C(Cl)(Cl)Cl)cc2)O[C@H]1c1ccc(CO)cc1. The fraction of sp³-hybridized carbons (Fsp3) is 0.367. The summed E-state index contributed by atoms with van der Waals surface area (Å²) >= 11 is 17.0. The third kappa shape index (κ3) is 8.34. The lowest BCUT2D eigenvalue weighted by atomic mass is 9.90. The molecule has 11 heteroatoms. The molecule has 0 aromatic heterocycles. The molecule has 4 rings (SSSR count). The van der Waals surface area contributed by atoms with Gasteiger partial charge in [0.05, 0.1) is 24.9 Å². The smallest absolute Gasteiger partial charge is 0.276 e. The molecule has 1 heterocycles. The minimum Gasteiger partial charge on any atom is -0.508 e. The topological polar surface area (TPSA) is 111 Å². The minimum absolute atomic E-state index is 0.0524. The Bertz CT molecular complexity index is 1300. The number of carbonyl (C=O) groups excluding carboxylic acids is 1. The summed E-state index contributed by atoms with van der Waals surface area (Å²) in [6, 6.07) is 21.1. The fourth-order valence-corrected chi connectivity index (χ4v) is 4.91. The van der Waals surface area contributed by atoms with Crippen molar-refractivity contribution in [3.05, 3.63) is 95.1 Å². The molecule has 8 nitrogen and oxygen atoms in total. The van der Waals surface area contributed by atoms with Gasteiger partial charge < -0.3 is 35.0 Å². The van der Waals surface area contributed by atoms with Crippen LogP contribution in [0.5, 0.6) is 5.75 Å². The average Bonchev–Trinajstić information content (AvgIpc) is 2.94. The molecule has 1 aliphatic heterocycles. The maximum atomic E-state index is 12.0. The van der Waals surface area contributed by atoms with Gasteiger partial charge in [-0.05, 0) is 48.0 Å². The van der Waals surface area contributed by atoms with Crippen molar-refractivity contribution in [3.8, 4) is 5.75 Å². The van der Waals surface area contributed by atoms with E-state index in [1.165, 1.54) is 0 Å². The van der Waals surface area contributed by atoms with E-state index in [4.69, 9.17) is 44.3 Å². The number of phenolic OH excluding ortho intramolecular Hbond substituents is 1. The first-order chi connectivity index (χ1) is 19.4. The van der Waals surface area contributed by atoms with E-state index in [9.17, 15) is 20.1 Å². The van der Waals surface area contributed by atoms with Crippen LogP contribution < -0.4 is 5.32 Å². The van der Waals surface area contributed by atoms with Crippen LogP contribution in [-0.4, -0.2) is 56.2 Å². The summed E-state index contributed by atoms with van der Waals surface area (Å²) in [6.07, 6.45) is -2.11. The van der Waals surface area contributed by atoms with Crippen LogP contribution in [0.3, 0.4) is 0 Å². The molecule has 0 bridgehead atoms. The Labute approximate surface area is 254 Å². The number of nitrogens with zero attached hydrogens (tertiary/aromatic N) is 1. The van der Waals surface area contributed by atoms with Gasteiger partial charge in [-0.1, -0.05) is 90.3 Å². The molecule has 0 spiro atoms. The Hall–Kier alpha value is -2.40. The third-order valence-corrected chi connectivity index (χ3v) is 7.57. The predicted molar refractivity (Wildman–Crippen MR) is 159 cm³/mol.